The van der Waals surface area contributed by atoms with Gasteiger partial charge < -0.3 is 4.90 Å². The zero-order chi connectivity index (χ0) is 20.0. The molecule has 1 aromatic heterocycles. The van der Waals surface area contributed by atoms with E-state index >= 15 is 0 Å². The first kappa shape index (κ1) is 20.1. The van der Waals surface area contributed by atoms with Crippen molar-refractivity contribution in [1.82, 2.24) is 9.97 Å². The van der Waals surface area contributed by atoms with Gasteiger partial charge in [0.2, 0.25) is 0 Å². The first-order valence-corrected chi connectivity index (χ1v) is 9.09. The zero-order valence-electron chi connectivity index (χ0n) is 16.6. The molecule has 0 spiro atoms. The first-order chi connectivity index (χ1) is 12.8. The monoisotopic (exact) mass is 359 g/mol. The summed E-state index contributed by atoms with van der Waals surface area (Å²) >= 11 is 0. The third kappa shape index (κ3) is 4.71. The molecular weight excluding hydrogens is 334 g/mol. The van der Waals surface area contributed by atoms with E-state index in [0.29, 0.717) is 11.4 Å². The second-order valence-corrected chi connectivity index (χ2v) is 7.23. The molecule has 0 saturated carbocycles. The zero-order valence-corrected chi connectivity index (χ0v) is 16.6. The Morgan fingerprint density at radius 3 is 1.96 bits per heavy atom. The summed E-state index contributed by atoms with van der Waals surface area (Å²) in [7, 11) is 0. The van der Waals surface area contributed by atoms with Gasteiger partial charge in [-0.3, -0.25) is 0 Å². The highest BCUT2D eigenvalue weighted by molar-refractivity contribution is 5.70. The van der Waals surface area contributed by atoms with Crippen molar-refractivity contribution in [3.8, 4) is 12.1 Å². The summed E-state index contributed by atoms with van der Waals surface area (Å²) in [6, 6.07) is 12.2. The van der Waals surface area contributed by atoms with Crippen molar-refractivity contribution in [2.45, 2.75) is 40.0 Å². The number of benzene rings is 1. The van der Waals surface area contributed by atoms with Crippen molar-refractivity contribution in [2.24, 2.45) is 0 Å². The Bertz CT molecular complexity index is 902. The molecule has 0 amide bonds. The normalized spacial score (nSPS) is 11.2. The van der Waals surface area contributed by atoms with E-state index in [4.69, 9.17) is 0 Å². The van der Waals surface area contributed by atoms with Crippen LogP contribution in [0.25, 0.3) is 12.2 Å². The lowest BCUT2D eigenvalue weighted by Gasteiger charge is -2.21. The van der Waals surface area contributed by atoms with Crippen LogP contribution >= 0.6 is 0 Å². The molecule has 0 aliphatic heterocycles. The number of anilines is 1. The Balaban J connectivity index is 2.41. The summed E-state index contributed by atoms with van der Waals surface area (Å²) in [6.07, 6.45) is 3.82. The largest absolute Gasteiger partial charge is 0.372 e. The molecule has 2 rings (SSSR count). The van der Waals surface area contributed by atoms with Crippen LogP contribution in [0.1, 0.15) is 63.0 Å². The van der Waals surface area contributed by atoms with Gasteiger partial charge in [-0.15, -0.1) is 0 Å². The molecule has 27 heavy (non-hydrogen) atoms. The first-order valence-electron chi connectivity index (χ1n) is 9.09. The molecule has 2 aromatic rings. The van der Waals surface area contributed by atoms with Gasteiger partial charge in [-0.1, -0.05) is 39.0 Å². The molecule has 0 N–H and O–H groups in total. The predicted octanol–water partition coefficient (Wildman–Crippen LogP) is 4.53. The molecule has 0 aliphatic rings. The van der Waals surface area contributed by atoms with Crippen LogP contribution in [0.2, 0.25) is 0 Å². The molecular formula is C22H25N5. The fourth-order valence-electron chi connectivity index (χ4n) is 2.83. The van der Waals surface area contributed by atoms with Gasteiger partial charge in [0.25, 0.3) is 0 Å². The molecule has 0 atom stereocenters. The third-order valence-corrected chi connectivity index (χ3v) is 4.30. The van der Waals surface area contributed by atoms with E-state index in [-0.39, 0.29) is 16.8 Å². The molecule has 0 saturated heterocycles. The van der Waals surface area contributed by atoms with Crippen LogP contribution in [0.4, 0.5) is 5.69 Å². The van der Waals surface area contributed by atoms with Crippen LogP contribution in [0, 0.1) is 22.7 Å². The SMILES string of the molecule is CCN(CC)c1ccc(/C=C/c2nc(C#N)c(C#N)nc2C(C)(C)C)cc1. The van der Waals surface area contributed by atoms with Crippen LogP contribution in [0.3, 0.4) is 0 Å². The van der Waals surface area contributed by atoms with Crippen LogP contribution in [0.15, 0.2) is 24.3 Å². The molecule has 0 fully saturated rings. The second-order valence-electron chi connectivity index (χ2n) is 7.23. The second kappa shape index (κ2) is 8.47. The highest BCUT2D eigenvalue weighted by Gasteiger charge is 2.22. The average Bonchev–Trinajstić information content (AvgIpc) is 2.66. The predicted molar refractivity (Wildman–Crippen MR) is 109 cm³/mol. The summed E-state index contributed by atoms with van der Waals surface area (Å²) in [5.41, 5.74) is 3.39. The molecule has 1 aromatic carbocycles. The van der Waals surface area contributed by atoms with Crippen molar-refractivity contribution >= 4 is 17.8 Å². The summed E-state index contributed by atoms with van der Waals surface area (Å²) in [6.45, 7) is 12.3. The Hall–Kier alpha value is -3.18. The number of nitriles is 2. The van der Waals surface area contributed by atoms with Crippen molar-refractivity contribution in [3.63, 3.8) is 0 Å². The van der Waals surface area contributed by atoms with E-state index in [1.165, 1.54) is 5.69 Å². The lowest BCUT2D eigenvalue weighted by molar-refractivity contribution is 0.562. The van der Waals surface area contributed by atoms with Gasteiger partial charge in [0, 0.05) is 24.2 Å². The minimum atomic E-state index is -0.293. The topological polar surface area (TPSA) is 76.6 Å². The van der Waals surface area contributed by atoms with Crippen molar-refractivity contribution in [3.05, 3.63) is 52.6 Å². The van der Waals surface area contributed by atoms with Gasteiger partial charge in [-0.05, 0) is 37.6 Å². The fraction of sp³-hybridized carbons (Fsp3) is 0.364. The molecule has 0 aliphatic carbocycles. The van der Waals surface area contributed by atoms with Gasteiger partial charge in [0.1, 0.15) is 12.1 Å². The molecule has 5 heteroatoms. The molecule has 1 heterocycles. The summed E-state index contributed by atoms with van der Waals surface area (Å²) in [5.74, 6) is 0. The van der Waals surface area contributed by atoms with Gasteiger partial charge >= 0.3 is 0 Å². The maximum Gasteiger partial charge on any atom is 0.177 e. The van der Waals surface area contributed by atoms with Gasteiger partial charge in [0.05, 0.1) is 11.4 Å². The maximum absolute atomic E-state index is 9.25. The van der Waals surface area contributed by atoms with E-state index in [1.807, 2.05) is 45.1 Å². The number of aromatic nitrogens is 2. The quantitative estimate of drug-likeness (QED) is 0.783. The Labute approximate surface area is 161 Å². The molecule has 138 valence electrons. The highest BCUT2D eigenvalue weighted by atomic mass is 15.1. The Morgan fingerprint density at radius 2 is 1.48 bits per heavy atom. The number of rotatable bonds is 5. The van der Waals surface area contributed by atoms with Crippen LogP contribution in [-0.4, -0.2) is 23.1 Å². The number of nitrogens with zero attached hydrogens (tertiary/aromatic N) is 5. The van der Waals surface area contributed by atoms with Crippen LogP contribution < -0.4 is 4.90 Å². The molecule has 0 bridgehead atoms. The van der Waals surface area contributed by atoms with E-state index in [0.717, 1.165) is 18.7 Å². The van der Waals surface area contributed by atoms with Crippen molar-refractivity contribution in [2.75, 3.05) is 18.0 Å². The van der Waals surface area contributed by atoms with E-state index in [9.17, 15) is 10.5 Å². The lowest BCUT2D eigenvalue weighted by Crippen LogP contribution is -2.21. The minimum Gasteiger partial charge on any atom is -0.372 e. The Morgan fingerprint density at radius 1 is 0.926 bits per heavy atom. The van der Waals surface area contributed by atoms with Crippen LogP contribution in [-0.2, 0) is 5.41 Å². The van der Waals surface area contributed by atoms with Gasteiger partial charge in [-0.2, -0.15) is 10.5 Å². The standard InChI is InChI=1S/C22H25N5/c1-6-27(7-2)17-11-8-16(9-12-17)10-13-18-21(22(3,4)5)26-20(15-24)19(14-23)25-18/h8-13H,6-7H2,1-5H3/b13-10+. The fourth-order valence-corrected chi connectivity index (χ4v) is 2.83. The van der Waals surface area contributed by atoms with Crippen molar-refractivity contribution in [1.29, 1.82) is 10.5 Å². The van der Waals surface area contributed by atoms with Gasteiger partial charge in [-0.25, -0.2) is 9.97 Å². The third-order valence-electron chi connectivity index (χ3n) is 4.30. The van der Waals surface area contributed by atoms with Crippen molar-refractivity contribution < 1.29 is 0 Å². The average molecular weight is 359 g/mol. The van der Waals surface area contributed by atoms with E-state index < -0.39 is 0 Å². The number of hydrogen-bond donors (Lipinski definition) is 0. The summed E-state index contributed by atoms with van der Waals surface area (Å²) in [4.78, 5) is 11.1. The minimum absolute atomic E-state index is 0.0574. The molecule has 5 nitrogen and oxygen atoms in total. The summed E-state index contributed by atoms with van der Waals surface area (Å²) < 4.78 is 0. The lowest BCUT2D eigenvalue weighted by atomic mass is 9.89. The number of hydrogen-bond acceptors (Lipinski definition) is 5. The van der Waals surface area contributed by atoms with Crippen LogP contribution in [0.5, 0.6) is 0 Å². The molecule has 0 radical (unpaired) electrons. The highest BCUT2D eigenvalue weighted by Crippen LogP contribution is 2.25. The molecule has 0 unspecified atom stereocenters. The smallest absolute Gasteiger partial charge is 0.177 e. The Kier molecular flexibility index (Phi) is 6.32. The maximum atomic E-state index is 9.25. The van der Waals surface area contributed by atoms with Gasteiger partial charge in [0.15, 0.2) is 11.4 Å². The van der Waals surface area contributed by atoms with E-state index in [2.05, 4.69) is 53.0 Å². The summed E-state index contributed by atoms with van der Waals surface area (Å²) in [5, 5.41) is 18.5. The van der Waals surface area contributed by atoms with E-state index in [1.54, 1.807) is 0 Å².